The highest BCUT2D eigenvalue weighted by molar-refractivity contribution is 7.89. The van der Waals surface area contributed by atoms with Crippen molar-refractivity contribution in [3.63, 3.8) is 0 Å². The lowest BCUT2D eigenvalue weighted by molar-refractivity contribution is 0.0779. The molecule has 1 aliphatic rings. The van der Waals surface area contributed by atoms with Crippen molar-refractivity contribution >= 4 is 27.3 Å². The van der Waals surface area contributed by atoms with E-state index in [4.69, 9.17) is 4.74 Å². The van der Waals surface area contributed by atoms with E-state index in [1.54, 1.807) is 42.3 Å². The van der Waals surface area contributed by atoms with Crippen LogP contribution in [0.3, 0.4) is 0 Å². The molecule has 0 aliphatic carbocycles. The Morgan fingerprint density at radius 1 is 1.32 bits per heavy atom. The molecule has 0 saturated carbocycles. The van der Waals surface area contributed by atoms with Crippen molar-refractivity contribution in [3.05, 3.63) is 45.9 Å². The van der Waals surface area contributed by atoms with Gasteiger partial charge in [0, 0.05) is 26.8 Å². The first-order valence-corrected chi connectivity index (χ1v) is 11.4. The highest BCUT2D eigenvalue weighted by Gasteiger charge is 2.43. The fourth-order valence-electron chi connectivity index (χ4n) is 3.50. The molecule has 2 heterocycles. The first kappa shape index (κ1) is 20.9. The van der Waals surface area contributed by atoms with Crippen LogP contribution in [0.15, 0.2) is 35.2 Å². The molecule has 1 aromatic carbocycles. The molecule has 9 heteroatoms. The van der Waals surface area contributed by atoms with Crippen molar-refractivity contribution in [2.45, 2.75) is 37.1 Å². The number of carbonyl (C=O) groups is 1. The number of methoxy groups -OCH3 is 1. The Bertz CT molecular complexity index is 943. The highest BCUT2D eigenvalue weighted by atomic mass is 32.2. The molecule has 1 fully saturated rings. The number of aromatic nitrogens is 1. The summed E-state index contributed by atoms with van der Waals surface area (Å²) in [5, 5.41) is 0.843. The van der Waals surface area contributed by atoms with Gasteiger partial charge in [-0.2, -0.15) is 0 Å². The van der Waals surface area contributed by atoms with Gasteiger partial charge in [0.15, 0.2) is 0 Å². The van der Waals surface area contributed by atoms with Crippen LogP contribution in [-0.2, 0) is 14.8 Å². The zero-order chi connectivity index (χ0) is 20.4. The summed E-state index contributed by atoms with van der Waals surface area (Å²) in [6.07, 6.45) is 1.02. The number of hydrogen-bond donors (Lipinski definition) is 1. The van der Waals surface area contributed by atoms with Crippen LogP contribution in [0.2, 0.25) is 0 Å². The van der Waals surface area contributed by atoms with Crippen LogP contribution in [0, 0.1) is 13.8 Å². The Morgan fingerprint density at radius 2 is 2.04 bits per heavy atom. The number of thiazole rings is 1. The normalized spacial score (nSPS) is 19.9. The van der Waals surface area contributed by atoms with E-state index in [-0.39, 0.29) is 10.8 Å². The van der Waals surface area contributed by atoms with Gasteiger partial charge >= 0.3 is 0 Å². The average Bonchev–Trinajstić information content (AvgIpc) is 3.23. The molecule has 3 rings (SSSR count). The van der Waals surface area contributed by atoms with Gasteiger partial charge < -0.3 is 9.64 Å². The summed E-state index contributed by atoms with van der Waals surface area (Å²) in [7, 11) is -2.12. The Kier molecular flexibility index (Phi) is 6.18. The lowest BCUT2D eigenvalue weighted by atomic mass is 9.96. The van der Waals surface area contributed by atoms with Crippen LogP contribution in [0.1, 0.15) is 33.2 Å². The Labute approximate surface area is 169 Å². The quantitative estimate of drug-likeness (QED) is 0.739. The first-order valence-electron chi connectivity index (χ1n) is 9.08. The van der Waals surface area contributed by atoms with Gasteiger partial charge in [-0.05, 0) is 38.8 Å². The standard InChI is InChI=1S/C19H25N3O4S2/c1-14-17(27-15(2)20-14)18(23)22-11-9-19(13-22,10-12-26-3)21-28(24,25)16-7-5-4-6-8-16/h4-8,21H,9-13H2,1-3H3. The number of ether oxygens (including phenoxy) is 1. The van der Waals surface area contributed by atoms with Gasteiger partial charge in [0.05, 0.1) is 21.1 Å². The molecule has 2 aromatic rings. The monoisotopic (exact) mass is 423 g/mol. The van der Waals surface area contributed by atoms with E-state index in [1.165, 1.54) is 11.3 Å². The summed E-state index contributed by atoms with van der Waals surface area (Å²) in [6, 6.07) is 8.28. The van der Waals surface area contributed by atoms with E-state index < -0.39 is 15.6 Å². The number of nitrogens with one attached hydrogen (secondary N) is 1. The molecule has 1 atom stereocenters. The molecule has 1 N–H and O–H groups in total. The van der Waals surface area contributed by atoms with Gasteiger partial charge in [-0.3, -0.25) is 4.79 Å². The molecule has 28 heavy (non-hydrogen) atoms. The number of sulfonamides is 1. The van der Waals surface area contributed by atoms with Crippen molar-refractivity contribution in [1.29, 1.82) is 0 Å². The zero-order valence-corrected chi connectivity index (χ0v) is 17.9. The molecule has 1 aromatic heterocycles. The summed E-state index contributed by atoms with van der Waals surface area (Å²) in [5.74, 6) is -0.0960. The second-order valence-electron chi connectivity index (χ2n) is 7.07. The molecule has 0 bridgehead atoms. The van der Waals surface area contributed by atoms with E-state index >= 15 is 0 Å². The topological polar surface area (TPSA) is 88.6 Å². The molecule has 152 valence electrons. The number of rotatable bonds is 7. The largest absolute Gasteiger partial charge is 0.385 e. The molecular weight excluding hydrogens is 398 g/mol. The lowest BCUT2D eigenvalue weighted by Gasteiger charge is -2.30. The summed E-state index contributed by atoms with van der Waals surface area (Å²) in [5.41, 5.74) is -0.0414. The van der Waals surface area contributed by atoms with Crippen molar-refractivity contribution in [3.8, 4) is 0 Å². The predicted octanol–water partition coefficient (Wildman–Crippen LogP) is 2.36. The van der Waals surface area contributed by atoms with Crippen molar-refractivity contribution in [2.24, 2.45) is 0 Å². The number of benzene rings is 1. The third kappa shape index (κ3) is 4.43. The minimum Gasteiger partial charge on any atom is -0.385 e. The van der Waals surface area contributed by atoms with Gasteiger partial charge in [-0.1, -0.05) is 18.2 Å². The maximum Gasteiger partial charge on any atom is 0.265 e. The van der Waals surface area contributed by atoms with Crippen molar-refractivity contribution < 1.29 is 17.9 Å². The molecule has 1 amide bonds. The Balaban J connectivity index is 1.83. The SMILES string of the molecule is COCCC1(NS(=O)(=O)c2ccccc2)CCN(C(=O)c2sc(C)nc2C)C1. The smallest absolute Gasteiger partial charge is 0.265 e. The van der Waals surface area contributed by atoms with Gasteiger partial charge in [-0.25, -0.2) is 18.1 Å². The number of amides is 1. The van der Waals surface area contributed by atoms with Gasteiger partial charge in [0.2, 0.25) is 10.0 Å². The van der Waals surface area contributed by atoms with Crippen molar-refractivity contribution in [2.75, 3.05) is 26.8 Å². The van der Waals surface area contributed by atoms with Crippen LogP contribution >= 0.6 is 11.3 Å². The minimum atomic E-state index is -3.70. The van der Waals surface area contributed by atoms with Crippen LogP contribution < -0.4 is 4.72 Å². The Morgan fingerprint density at radius 3 is 2.64 bits per heavy atom. The van der Waals surface area contributed by atoms with Gasteiger partial charge in [-0.15, -0.1) is 11.3 Å². The van der Waals surface area contributed by atoms with E-state index in [2.05, 4.69) is 9.71 Å². The average molecular weight is 424 g/mol. The fourth-order valence-corrected chi connectivity index (χ4v) is 5.86. The predicted molar refractivity (Wildman–Crippen MR) is 108 cm³/mol. The minimum absolute atomic E-state index is 0.0960. The molecule has 7 nitrogen and oxygen atoms in total. The van der Waals surface area contributed by atoms with Crippen LogP contribution in [-0.4, -0.2) is 56.6 Å². The molecule has 0 radical (unpaired) electrons. The second kappa shape index (κ2) is 8.28. The first-order chi connectivity index (χ1) is 13.3. The zero-order valence-electron chi connectivity index (χ0n) is 16.3. The molecule has 0 spiro atoms. The summed E-state index contributed by atoms with van der Waals surface area (Å²) < 4.78 is 33.9. The molecule has 1 saturated heterocycles. The van der Waals surface area contributed by atoms with Crippen LogP contribution in [0.25, 0.3) is 0 Å². The maximum absolute atomic E-state index is 13.0. The number of carbonyl (C=O) groups excluding carboxylic acids is 1. The summed E-state index contributed by atoms with van der Waals surface area (Å²) >= 11 is 1.37. The number of aryl methyl sites for hydroxylation is 2. The second-order valence-corrected chi connectivity index (χ2v) is 9.95. The van der Waals surface area contributed by atoms with Crippen molar-refractivity contribution in [1.82, 2.24) is 14.6 Å². The van der Waals surface area contributed by atoms with Crippen LogP contribution in [0.4, 0.5) is 0 Å². The third-order valence-electron chi connectivity index (χ3n) is 4.93. The maximum atomic E-state index is 13.0. The van der Waals surface area contributed by atoms with E-state index in [1.807, 2.05) is 13.8 Å². The fraction of sp³-hybridized carbons (Fsp3) is 0.474. The number of nitrogens with zero attached hydrogens (tertiary/aromatic N) is 2. The number of likely N-dealkylation sites (tertiary alicyclic amines) is 1. The van der Waals surface area contributed by atoms with E-state index in [0.717, 1.165) is 5.01 Å². The third-order valence-corrected chi connectivity index (χ3v) is 7.58. The van der Waals surface area contributed by atoms with E-state index in [0.29, 0.717) is 43.1 Å². The van der Waals surface area contributed by atoms with E-state index in [9.17, 15) is 13.2 Å². The number of hydrogen-bond acceptors (Lipinski definition) is 6. The Hall–Kier alpha value is -1.81. The lowest BCUT2D eigenvalue weighted by Crippen LogP contribution is -2.51. The summed E-state index contributed by atoms with van der Waals surface area (Å²) in [6.45, 7) is 4.88. The molecule has 1 aliphatic heterocycles. The molecule has 1 unspecified atom stereocenters. The molecular formula is C19H25N3O4S2. The van der Waals surface area contributed by atoms with Gasteiger partial charge in [0.25, 0.3) is 5.91 Å². The van der Waals surface area contributed by atoms with Crippen LogP contribution in [0.5, 0.6) is 0 Å². The summed E-state index contributed by atoms with van der Waals surface area (Å²) in [4.78, 5) is 19.8. The highest BCUT2D eigenvalue weighted by Crippen LogP contribution is 2.30. The van der Waals surface area contributed by atoms with Gasteiger partial charge in [0.1, 0.15) is 4.88 Å².